The third-order valence-electron chi connectivity index (χ3n) is 2.64. The van der Waals surface area contributed by atoms with Crippen molar-refractivity contribution in [2.45, 2.75) is 52.7 Å². The SMILES string of the molecule is CCCC(C)Oc1cc(C)ccc1[C@@H](C)O. The molecule has 16 heavy (non-hydrogen) atoms. The second-order valence-electron chi connectivity index (χ2n) is 4.43. The van der Waals surface area contributed by atoms with E-state index in [4.69, 9.17) is 4.74 Å². The van der Waals surface area contributed by atoms with E-state index >= 15 is 0 Å². The zero-order chi connectivity index (χ0) is 12.1. The second-order valence-corrected chi connectivity index (χ2v) is 4.43. The minimum Gasteiger partial charge on any atom is -0.490 e. The fourth-order valence-corrected chi connectivity index (χ4v) is 1.77. The van der Waals surface area contributed by atoms with Gasteiger partial charge in [-0.3, -0.25) is 0 Å². The van der Waals surface area contributed by atoms with E-state index in [1.54, 1.807) is 6.92 Å². The van der Waals surface area contributed by atoms with Crippen LogP contribution in [-0.2, 0) is 0 Å². The molecular formula is C14H22O2. The number of hydrogen-bond donors (Lipinski definition) is 1. The second kappa shape index (κ2) is 5.90. The van der Waals surface area contributed by atoms with Crippen molar-refractivity contribution in [1.82, 2.24) is 0 Å². The van der Waals surface area contributed by atoms with Crippen LogP contribution in [0.2, 0.25) is 0 Å². The minimum absolute atomic E-state index is 0.198. The van der Waals surface area contributed by atoms with Gasteiger partial charge in [-0.15, -0.1) is 0 Å². The van der Waals surface area contributed by atoms with Crippen molar-refractivity contribution in [2.24, 2.45) is 0 Å². The largest absolute Gasteiger partial charge is 0.490 e. The molecule has 0 aliphatic rings. The van der Waals surface area contributed by atoms with E-state index in [1.165, 1.54) is 0 Å². The molecule has 0 aliphatic carbocycles. The third-order valence-corrected chi connectivity index (χ3v) is 2.64. The summed E-state index contributed by atoms with van der Waals surface area (Å²) in [6.07, 6.45) is 1.86. The molecule has 0 aliphatic heterocycles. The molecular weight excluding hydrogens is 200 g/mol. The molecule has 1 aromatic rings. The molecule has 1 N–H and O–H groups in total. The maximum atomic E-state index is 9.66. The zero-order valence-electron chi connectivity index (χ0n) is 10.7. The normalized spacial score (nSPS) is 14.6. The first-order valence-corrected chi connectivity index (χ1v) is 5.99. The van der Waals surface area contributed by atoms with Gasteiger partial charge in [-0.05, 0) is 38.8 Å². The highest BCUT2D eigenvalue weighted by molar-refractivity contribution is 5.38. The molecule has 0 fully saturated rings. The Morgan fingerprint density at radius 2 is 2.00 bits per heavy atom. The standard InChI is InChI=1S/C14H22O2/c1-5-6-11(3)16-14-9-10(2)7-8-13(14)12(4)15/h7-9,11-12,15H,5-6H2,1-4H3/t11?,12-/m1/s1. The van der Waals surface area contributed by atoms with Gasteiger partial charge in [-0.2, -0.15) is 0 Å². The quantitative estimate of drug-likeness (QED) is 0.824. The van der Waals surface area contributed by atoms with Gasteiger partial charge in [0.1, 0.15) is 5.75 Å². The van der Waals surface area contributed by atoms with Crippen LogP contribution in [0.1, 0.15) is 50.8 Å². The van der Waals surface area contributed by atoms with Crippen LogP contribution in [0.25, 0.3) is 0 Å². The molecule has 2 heteroatoms. The molecule has 0 saturated heterocycles. The van der Waals surface area contributed by atoms with E-state index in [0.29, 0.717) is 0 Å². The van der Waals surface area contributed by atoms with Crippen molar-refractivity contribution in [1.29, 1.82) is 0 Å². The fourth-order valence-electron chi connectivity index (χ4n) is 1.77. The molecule has 0 aromatic heterocycles. The summed E-state index contributed by atoms with van der Waals surface area (Å²) in [4.78, 5) is 0. The van der Waals surface area contributed by atoms with Crippen molar-refractivity contribution in [3.05, 3.63) is 29.3 Å². The van der Waals surface area contributed by atoms with Crippen LogP contribution in [-0.4, -0.2) is 11.2 Å². The summed E-state index contributed by atoms with van der Waals surface area (Å²) >= 11 is 0. The van der Waals surface area contributed by atoms with Crippen LogP contribution >= 0.6 is 0 Å². The summed E-state index contributed by atoms with van der Waals surface area (Å²) in [7, 11) is 0. The van der Waals surface area contributed by atoms with E-state index in [-0.39, 0.29) is 6.10 Å². The Bertz CT molecular complexity index is 332. The Kier molecular flexibility index (Phi) is 4.81. The highest BCUT2D eigenvalue weighted by Gasteiger charge is 2.11. The Morgan fingerprint density at radius 1 is 1.31 bits per heavy atom. The summed E-state index contributed by atoms with van der Waals surface area (Å²) in [5.41, 5.74) is 2.02. The van der Waals surface area contributed by atoms with E-state index in [9.17, 15) is 5.11 Å². The number of aliphatic hydroxyl groups excluding tert-OH is 1. The predicted octanol–water partition coefficient (Wildman–Crippen LogP) is 3.62. The topological polar surface area (TPSA) is 29.5 Å². The first-order chi connectivity index (χ1) is 7.54. The average molecular weight is 222 g/mol. The van der Waals surface area contributed by atoms with E-state index < -0.39 is 6.10 Å². The van der Waals surface area contributed by atoms with Gasteiger partial charge < -0.3 is 9.84 Å². The van der Waals surface area contributed by atoms with Crippen molar-refractivity contribution in [2.75, 3.05) is 0 Å². The molecule has 0 spiro atoms. The van der Waals surface area contributed by atoms with Crippen LogP contribution in [0, 0.1) is 6.92 Å². The fraction of sp³-hybridized carbons (Fsp3) is 0.571. The lowest BCUT2D eigenvalue weighted by Gasteiger charge is -2.18. The van der Waals surface area contributed by atoms with Crippen LogP contribution in [0.3, 0.4) is 0 Å². The van der Waals surface area contributed by atoms with Crippen molar-refractivity contribution < 1.29 is 9.84 Å². The minimum atomic E-state index is -0.482. The summed E-state index contributed by atoms with van der Waals surface area (Å²) < 4.78 is 5.87. The van der Waals surface area contributed by atoms with Gasteiger partial charge in [0.15, 0.2) is 0 Å². The summed E-state index contributed by atoms with van der Waals surface area (Å²) in [6.45, 7) is 8.01. The highest BCUT2D eigenvalue weighted by Crippen LogP contribution is 2.27. The van der Waals surface area contributed by atoms with Crippen LogP contribution < -0.4 is 4.74 Å². The van der Waals surface area contributed by atoms with Crippen molar-refractivity contribution in [3.8, 4) is 5.75 Å². The number of ether oxygens (including phenoxy) is 1. The maximum absolute atomic E-state index is 9.66. The number of aryl methyl sites for hydroxylation is 1. The average Bonchev–Trinajstić information content (AvgIpc) is 2.17. The molecule has 2 nitrogen and oxygen atoms in total. The first-order valence-electron chi connectivity index (χ1n) is 5.99. The van der Waals surface area contributed by atoms with Gasteiger partial charge in [0, 0.05) is 5.56 Å². The summed E-state index contributed by atoms with van der Waals surface area (Å²) in [5.74, 6) is 0.816. The van der Waals surface area contributed by atoms with Crippen molar-refractivity contribution in [3.63, 3.8) is 0 Å². The number of hydrogen-bond acceptors (Lipinski definition) is 2. The number of aliphatic hydroxyl groups is 1. The van der Waals surface area contributed by atoms with Crippen LogP contribution in [0.15, 0.2) is 18.2 Å². The lowest BCUT2D eigenvalue weighted by molar-refractivity contribution is 0.174. The van der Waals surface area contributed by atoms with Gasteiger partial charge in [0.05, 0.1) is 12.2 Å². The highest BCUT2D eigenvalue weighted by atomic mass is 16.5. The van der Waals surface area contributed by atoms with E-state index in [0.717, 1.165) is 29.7 Å². The lowest BCUT2D eigenvalue weighted by Crippen LogP contribution is -2.13. The molecule has 0 heterocycles. The molecule has 0 bridgehead atoms. The summed E-state index contributed by atoms with van der Waals surface area (Å²) in [6, 6.07) is 5.93. The van der Waals surface area contributed by atoms with Gasteiger partial charge in [0.2, 0.25) is 0 Å². The smallest absolute Gasteiger partial charge is 0.125 e. The van der Waals surface area contributed by atoms with Gasteiger partial charge >= 0.3 is 0 Å². The first kappa shape index (κ1) is 13.0. The van der Waals surface area contributed by atoms with Crippen LogP contribution in [0.4, 0.5) is 0 Å². The Hall–Kier alpha value is -1.02. The lowest BCUT2D eigenvalue weighted by atomic mass is 10.1. The predicted molar refractivity (Wildman–Crippen MR) is 66.8 cm³/mol. The molecule has 90 valence electrons. The molecule has 0 amide bonds. The maximum Gasteiger partial charge on any atom is 0.125 e. The molecule has 1 unspecified atom stereocenters. The molecule has 1 rings (SSSR count). The molecule has 0 saturated carbocycles. The van der Waals surface area contributed by atoms with E-state index in [2.05, 4.69) is 13.8 Å². The monoisotopic (exact) mass is 222 g/mol. The van der Waals surface area contributed by atoms with Gasteiger partial charge in [0.25, 0.3) is 0 Å². The Morgan fingerprint density at radius 3 is 2.56 bits per heavy atom. The molecule has 0 radical (unpaired) electrons. The summed E-state index contributed by atoms with van der Waals surface area (Å²) in [5, 5.41) is 9.66. The molecule has 2 atom stereocenters. The van der Waals surface area contributed by atoms with Gasteiger partial charge in [-0.25, -0.2) is 0 Å². The number of rotatable bonds is 5. The number of benzene rings is 1. The third kappa shape index (κ3) is 3.53. The molecule has 1 aromatic carbocycles. The van der Waals surface area contributed by atoms with E-state index in [1.807, 2.05) is 25.1 Å². The van der Waals surface area contributed by atoms with Gasteiger partial charge in [-0.1, -0.05) is 25.5 Å². The van der Waals surface area contributed by atoms with Crippen molar-refractivity contribution >= 4 is 0 Å². The van der Waals surface area contributed by atoms with Crippen LogP contribution in [0.5, 0.6) is 5.75 Å². The Balaban J connectivity index is 2.87. The Labute approximate surface area is 98.3 Å². The zero-order valence-corrected chi connectivity index (χ0v) is 10.7.